The summed E-state index contributed by atoms with van der Waals surface area (Å²) >= 11 is 0. The summed E-state index contributed by atoms with van der Waals surface area (Å²) in [6, 6.07) is 12.5. The lowest BCUT2D eigenvalue weighted by Gasteiger charge is -2.37. The molecule has 2 heterocycles. The van der Waals surface area contributed by atoms with Crippen molar-refractivity contribution in [3.63, 3.8) is 0 Å². The molecule has 6 N–H and O–H groups in total. The van der Waals surface area contributed by atoms with Crippen molar-refractivity contribution in [2.45, 2.75) is 219 Å². The zero-order valence-electron chi connectivity index (χ0n) is 63.7. The SMILES string of the molecule is CCCN1CC(=O)N(C)[C@@H](CC(C)C)C(=O)N[C@@H](COC(C)(C)C)C(=O)N(C)[C@@H](Cc2ccccc2)C(=O)N(C)[C@@H](Cc2ccccc2)C(=O)N[C@H](C(=O)N2CCCCC2)CC(=O)N[C@H](C)C(=O)N(C)[C@@H](Cc2ccccc2)C(=O)N[C@@H](C(C)C)C(=O)N(C)[C@@H](CC(C)C)C(=O)N[C@@H]([C@@H](C)O)C1=O. The van der Waals surface area contributed by atoms with Crippen molar-refractivity contribution in [1.82, 2.24) is 60.9 Å². The van der Waals surface area contributed by atoms with Gasteiger partial charge < -0.3 is 70.7 Å². The zero-order chi connectivity index (χ0) is 76.7. The van der Waals surface area contributed by atoms with E-state index in [0.29, 0.717) is 49.0 Å². The lowest BCUT2D eigenvalue weighted by molar-refractivity contribution is -0.151. The van der Waals surface area contributed by atoms with E-state index in [1.807, 2.05) is 27.7 Å². The second kappa shape index (κ2) is 39.8. The van der Waals surface area contributed by atoms with Gasteiger partial charge in [0.1, 0.15) is 60.4 Å². The number of carbonyl (C=O) groups excluding carboxylic acids is 12. The van der Waals surface area contributed by atoms with Crippen LogP contribution in [-0.4, -0.2) is 250 Å². The summed E-state index contributed by atoms with van der Waals surface area (Å²) in [7, 11) is 6.99. The fourth-order valence-corrected chi connectivity index (χ4v) is 12.8. The van der Waals surface area contributed by atoms with Crippen LogP contribution in [0.2, 0.25) is 0 Å². The van der Waals surface area contributed by atoms with Gasteiger partial charge in [0.2, 0.25) is 70.9 Å². The van der Waals surface area contributed by atoms with E-state index in [1.165, 1.54) is 73.6 Å². The summed E-state index contributed by atoms with van der Waals surface area (Å²) in [4.78, 5) is 189. The summed E-state index contributed by atoms with van der Waals surface area (Å²) in [6.07, 6.45) is 0.105. The van der Waals surface area contributed by atoms with Crippen molar-refractivity contribution in [1.29, 1.82) is 0 Å². The molecule has 0 spiro atoms. The van der Waals surface area contributed by atoms with Crippen LogP contribution in [0.15, 0.2) is 91.0 Å². The minimum atomic E-state index is -1.66. The molecule has 26 heteroatoms. The van der Waals surface area contributed by atoms with E-state index in [1.54, 1.807) is 137 Å². The van der Waals surface area contributed by atoms with Crippen molar-refractivity contribution in [2.75, 3.05) is 68.0 Å². The topological polar surface area (TPSA) is 317 Å². The fraction of sp³-hybridized carbons (Fsp3) is 0.610. The Kier molecular flexibility index (Phi) is 32.8. The number of amides is 12. The van der Waals surface area contributed by atoms with E-state index in [2.05, 4.69) is 26.6 Å². The number of likely N-dealkylation sites (tertiary alicyclic amines) is 1. The van der Waals surface area contributed by atoms with E-state index < -0.39 is 168 Å². The van der Waals surface area contributed by atoms with Crippen LogP contribution in [0.25, 0.3) is 0 Å². The quantitative estimate of drug-likeness (QED) is 0.112. The molecule has 12 amide bonds. The van der Waals surface area contributed by atoms with Crippen LogP contribution in [0.3, 0.4) is 0 Å². The standard InChI is InChI=1S/C77H116N12O14/c1-18-37-89-46-64(92)83(13)58(40-48(2)3)67(93)80-57(47-103-77(10,11)12)72(98)87(17)62(44-55-35-27-21-28-36-55)74(100)85(15)60(42-53-31-23-19-24-32-53)68(94)79-56(73(99)88-38-29-22-30-39-88)45-63(91)78-51(8)71(97)84(14)61(43-54-33-25-20-26-34-54)70(96)81-65(50(6)7)75(101)86(16)59(41-49(4)5)69(95)82-66(52(9)90)76(89)102/h19-21,23-28,31-36,48-52,56-62,65-66,90H,18,22,29-30,37-47H2,1-17H3,(H,78,91)(H,79,94)(H,80,93)(H,81,96)(H,82,95)/t51-,52-,56+,57+,58+,59+,60+,61+,62+,65+,66+/m1/s1. The molecule has 0 unspecified atom stereocenters. The van der Waals surface area contributed by atoms with Crippen LogP contribution in [0, 0.1) is 17.8 Å². The molecule has 103 heavy (non-hydrogen) atoms. The maximum atomic E-state index is 15.8. The summed E-state index contributed by atoms with van der Waals surface area (Å²) in [5.41, 5.74) is 1.01. The molecule has 11 atom stereocenters. The number of hydrogen-bond donors (Lipinski definition) is 6. The van der Waals surface area contributed by atoms with E-state index in [9.17, 15) is 33.9 Å². The Hall–Kier alpha value is -8.78. The summed E-state index contributed by atoms with van der Waals surface area (Å²) < 4.78 is 6.24. The van der Waals surface area contributed by atoms with E-state index >= 15 is 28.8 Å². The minimum Gasteiger partial charge on any atom is -0.391 e. The first kappa shape index (κ1) is 84.9. The minimum absolute atomic E-state index is 0.0383. The van der Waals surface area contributed by atoms with Crippen molar-refractivity contribution >= 4 is 70.9 Å². The van der Waals surface area contributed by atoms with Crippen LogP contribution < -0.4 is 26.6 Å². The number of aliphatic hydroxyl groups is 1. The largest absolute Gasteiger partial charge is 0.391 e. The van der Waals surface area contributed by atoms with Gasteiger partial charge in [-0.05, 0) is 108 Å². The van der Waals surface area contributed by atoms with Crippen molar-refractivity contribution in [2.24, 2.45) is 17.8 Å². The highest BCUT2D eigenvalue weighted by molar-refractivity contribution is 6.00. The number of piperidine rings is 1. The Morgan fingerprint density at radius 1 is 0.515 bits per heavy atom. The number of rotatable bonds is 17. The number of benzene rings is 3. The highest BCUT2D eigenvalue weighted by Crippen LogP contribution is 2.23. The molecule has 0 saturated carbocycles. The lowest BCUT2D eigenvalue weighted by Crippen LogP contribution is -2.62. The first-order valence-corrected chi connectivity index (χ1v) is 36.3. The molecule has 568 valence electrons. The highest BCUT2D eigenvalue weighted by Gasteiger charge is 2.44. The number of nitrogens with one attached hydrogen (secondary N) is 5. The van der Waals surface area contributed by atoms with Gasteiger partial charge in [-0.1, -0.05) is 139 Å². The van der Waals surface area contributed by atoms with Gasteiger partial charge in [0.25, 0.3) is 0 Å². The van der Waals surface area contributed by atoms with E-state index in [0.717, 1.165) is 11.3 Å². The number of nitrogens with zero attached hydrogens (tertiary/aromatic N) is 7. The first-order valence-electron chi connectivity index (χ1n) is 36.3. The van der Waals surface area contributed by atoms with E-state index in [-0.39, 0.29) is 50.5 Å². The van der Waals surface area contributed by atoms with Crippen molar-refractivity contribution < 1.29 is 67.4 Å². The van der Waals surface area contributed by atoms with E-state index in [4.69, 9.17) is 4.74 Å². The predicted octanol–water partition coefficient (Wildman–Crippen LogP) is 3.89. The van der Waals surface area contributed by atoms with Crippen LogP contribution in [-0.2, 0) is 81.5 Å². The van der Waals surface area contributed by atoms with Gasteiger partial charge in [-0.2, -0.15) is 0 Å². The Labute approximate surface area is 609 Å². The molecule has 0 aliphatic carbocycles. The molecule has 0 bridgehead atoms. The molecule has 2 aliphatic heterocycles. The van der Waals surface area contributed by atoms with Crippen LogP contribution in [0.5, 0.6) is 0 Å². The third-order valence-corrected chi connectivity index (χ3v) is 18.9. The van der Waals surface area contributed by atoms with Gasteiger partial charge >= 0.3 is 0 Å². The Morgan fingerprint density at radius 3 is 1.41 bits per heavy atom. The molecule has 5 rings (SSSR count). The predicted molar refractivity (Wildman–Crippen MR) is 392 cm³/mol. The van der Waals surface area contributed by atoms with Gasteiger partial charge in [-0.3, -0.25) is 57.5 Å². The first-order chi connectivity index (χ1) is 48.5. The molecule has 3 aromatic rings. The molecule has 2 aliphatic rings. The molecule has 26 nitrogen and oxygen atoms in total. The monoisotopic (exact) mass is 1430 g/mol. The highest BCUT2D eigenvalue weighted by atomic mass is 16.5. The fourth-order valence-electron chi connectivity index (χ4n) is 12.8. The molecule has 3 aromatic carbocycles. The Balaban J connectivity index is 1.72. The van der Waals surface area contributed by atoms with Crippen LogP contribution >= 0.6 is 0 Å². The van der Waals surface area contributed by atoms with Crippen molar-refractivity contribution in [3.05, 3.63) is 108 Å². The average Bonchev–Trinajstić information content (AvgIpc) is 0.810. The molecule has 2 fully saturated rings. The molecular weight excluding hydrogens is 1320 g/mol. The van der Waals surface area contributed by atoms with Gasteiger partial charge in [0.15, 0.2) is 0 Å². The van der Waals surface area contributed by atoms with Gasteiger partial charge in [-0.15, -0.1) is 0 Å². The maximum absolute atomic E-state index is 15.8. The number of ether oxygens (including phenoxy) is 1. The molecule has 0 aromatic heterocycles. The second-order valence-corrected chi connectivity index (χ2v) is 29.9. The number of likely N-dealkylation sites (N-methyl/N-ethyl adjacent to an activating group) is 5. The number of hydrogen-bond acceptors (Lipinski definition) is 14. The third kappa shape index (κ3) is 25.0. The summed E-state index contributed by atoms with van der Waals surface area (Å²) in [6.45, 7) is 20.1. The number of aliphatic hydroxyl groups excluding tert-OH is 1. The van der Waals surface area contributed by atoms with Gasteiger partial charge in [-0.25, -0.2) is 0 Å². The second-order valence-electron chi connectivity index (χ2n) is 29.9. The molecular formula is C77H116N12O14. The summed E-state index contributed by atoms with van der Waals surface area (Å²) in [5.74, 6) is -10.1. The molecule has 0 radical (unpaired) electrons. The zero-order valence-corrected chi connectivity index (χ0v) is 63.7. The van der Waals surface area contributed by atoms with Crippen LogP contribution in [0.1, 0.15) is 145 Å². The summed E-state index contributed by atoms with van der Waals surface area (Å²) in [5, 5.41) is 25.4. The average molecular weight is 1430 g/mol. The van der Waals surface area contributed by atoms with Crippen molar-refractivity contribution in [3.8, 4) is 0 Å². The maximum Gasteiger partial charge on any atom is 0.248 e. The molecule has 2 saturated heterocycles. The number of carbonyl (C=O) groups is 12. The van der Waals surface area contributed by atoms with Crippen LogP contribution in [0.4, 0.5) is 0 Å². The lowest BCUT2D eigenvalue weighted by atomic mass is 9.97. The smallest absolute Gasteiger partial charge is 0.248 e. The Morgan fingerprint density at radius 2 is 0.942 bits per heavy atom. The third-order valence-electron chi connectivity index (χ3n) is 18.9. The van der Waals surface area contributed by atoms with Gasteiger partial charge in [0.05, 0.1) is 31.3 Å². The van der Waals surface area contributed by atoms with Gasteiger partial charge in [0, 0.05) is 74.1 Å². The Bertz CT molecular complexity index is 3340. The normalized spacial score (nSPS) is 24.6.